The normalized spacial score (nSPS) is 10.7. The van der Waals surface area contributed by atoms with Gasteiger partial charge in [-0.2, -0.15) is 0 Å². The molecule has 3 aromatic carbocycles. The van der Waals surface area contributed by atoms with Crippen molar-refractivity contribution in [1.29, 1.82) is 0 Å². The standard InChI is InChI=1S/C24H21NO4.H2/c1-16-23(18-8-10-19(27-2)11-9-18)24(29-25-16)21-13-12-20(14-22(21)26)28-15-17-6-4-3-5-7-17;/h3-14,26H,15H2,1-2H3;1H. The lowest BCUT2D eigenvalue weighted by Gasteiger charge is -2.10. The Kier molecular flexibility index (Phi) is 5.20. The van der Waals surface area contributed by atoms with Gasteiger partial charge in [0, 0.05) is 7.49 Å². The number of aryl methyl sites for hydroxylation is 1. The summed E-state index contributed by atoms with van der Waals surface area (Å²) < 4.78 is 16.6. The van der Waals surface area contributed by atoms with Crippen LogP contribution in [-0.2, 0) is 6.61 Å². The van der Waals surface area contributed by atoms with Crippen molar-refractivity contribution in [2.24, 2.45) is 0 Å². The number of nitrogens with zero attached hydrogens (tertiary/aromatic N) is 1. The lowest BCUT2D eigenvalue weighted by molar-refractivity contribution is 0.304. The van der Waals surface area contributed by atoms with Gasteiger partial charge in [-0.15, -0.1) is 0 Å². The zero-order valence-electron chi connectivity index (χ0n) is 16.3. The molecule has 0 aliphatic carbocycles. The summed E-state index contributed by atoms with van der Waals surface area (Å²) in [4.78, 5) is 0. The number of ether oxygens (including phenoxy) is 2. The van der Waals surface area contributed by atoms with Crippen molar-refractivity contribution >= 4 is 0 Å². The van der Waals surface area contributed by atoms with Crippen LogP contribution in [0, 0.1) is 6.92 Å². The van der Waals surface area contributed by atoms with Gasteiger partial charge in [-0.05, 0) is 42.3 Å². The lowest BCUT2D eigenvalue weighted by atomic mass is 9.99. The summed E-state index contributed by atoms with van der Waals surface area (Å²) in [5.41, 5.74) is 4.13. The molecule has 5 nitrogen and oxygen atoms in total. The van der Waals surface area contributed by atoms with E-state index in [4.69, 9.17) is 14.0 Å². The summed E-state index contributed by atoms with van der Waals surface area (Å²) in [6.07, 6.45) is 0. The number of hydrogen-bond donors (Lipinski definition) is 1. The quantitative estimate of drug-likeness (QED) is 0.448. The van der Waals surface area contributed by atoms with Crippen LogP contribution in [0.3, 0.4) is 0 Å². The van der Waals surface area contributed by atoms with Crippen LogP contribution in [0.2, 0.25) is 0 Å². The Morgan fingerprint density at radius 3 is 2.38 bits per heavy atom. The van der Waals surface area contributed by atoms with Gasteiger partial charge >= 0.3 is 0 Å². The van der Waals surface area contributed by atoms with Gasteiger partial charge in [0.05, 0.1) is 23.9 Å². The highest BCUT2D eigenvalue weighted by molar-refractivity contribution is 5.84. The third kappa shape index (κ3) is 3.94. The fourth-order valence-corrected chi connectivity index (χ4v) is 3.19. The number of hydrogen-bond acceptors (Lipinski definition) is 5. The van der Waals surface area contributed by atoms with Crippen LogP contribution >= 0.6 is 0 Å². The topological polar surface area (TPSA) is 64.7 Å². The molecule has 5 heteroatoms. The summed E-state index contributed by atoms with van der Waals surface area (Å²) in [6.45, 7) is 2.30. The number of methoxy groups -OCH3 is 1. The minimum absolute atomic E-state index is 0. The Labute approximate surface area is 170 Å². The van der Waals surface area contributed by atoms with Crippen molar-refractivity contribution in [2.45, 2.75) is 13.5 Å². The summed E-state index contributed by atoms with van der Waals surface area (Å²) in [7, 11) is 1.63. The first-order valence-electron chi connectivity index (χ1n) is 9.26. The van der Waals surface area contributed by atoms with Crippen LogP contribution in [0.5, 0.6) is 17.2 Å². The lowest BCUT2D eigenvalue weighted by Crippen LogP contribution is -1.95. The maximum absolute atomic E-state index is 10.6. The second-order valence-electron chi connectivity index (χ2n) is 6.65. The average Bonchev–Trinajstić information content (AvgIpc) is 3.14. The van der Waals surface area contributed by atoms with Crippen molar-refractivity contribution in [3.05, 3.63) is 84.1 Å². The van der Waals surface area contributed by atoms with Crippen molar-refractivity contribution < 1.29 is 20.5 Å². The third-order valence-corrected chi connectivity index (χ3v) is 4.70. The Balaban J connectivity index is 0.00000256. The molecule has 0 fully saturated rings. The molecule has 0 saturated carbocycles. The van der Waals surface area contributed by atoms with Gasteiger partial charge in [-0.3, -0.25) is 0 Å². The van der Waals surface area contributed by atoms with E-state index in [9.17, 15) is 5.11 Å². The summed E-state index contributed by atoms with van der Waals surface area (Å²) in [5.74, 6) is 1.94. The van der Waals surface area contributed by atoms with E-state index < -0.39 is 0 Å². The second kappa shape index (κ2) is 8.10. The fraction of sp³-hybridized carbons (Fsp3) is 0.125. The van der Waals surface area contributed by atoms with Gasteiger partial charge < -0.3 is 19.1 Å². The molecule has 0 atom stereocenters. The molecular weight excluding hydrogens is 366 g/mol. The minimum Gasteiger partial charge on any atom is -0.507 e. The highest BCUT2D eigenvalue weighted by Gasteiger charge is 2.20. The van der Waals surface area contributed by atoms with Gasteiger partial charge in [0.2, 0.25) is 0 Å². The molecule has 1 aromatic heterocycles. The zero-order valence-corrected chi connectivity index (χ0v) is 16.3. The van der Waals surface area contributed by atoms with Crippen LogP contribution < -0.4 is 9.47 Å². The van der Waals surface area contributed by atoms with Gasteiger partial charge in [0.1, 0.15) is 23.9 Å². The van der Waals surface area contributed by atoms with Crippen molar-refractivity contribution in [3.8, 4) is 39.7 Å². The van der Waals surface area contributed by atoms with Crippen molar-refractivity contribution in [3.63, 3.8) is 0 Å². The first-order chi connectivity index (χ1) is 14.2. The Morgan fingerprint density at radius 2 is 1.69 bits per heavy atom. The first kappa shape index (κ1) is 18.6. The molecule has 4 aromatic rings. The van der Waals surface area contributed by atoms with Crippen LogP contribution in [-0.4, -0.2) is 17.4 Å². The van der Waals surface area contributed by atoms with Gasteiger partial charge in [-0.25, -0.2) is 0 Å². The number of phenolic OH excluding ortho intramolecular Hbond substituents is 1. The highest BCUT2D eigenvalue weighted by atomic mass is 16.5. The first-order valence-corrected chi connectivity index (χ1v) is 9.26. The van der Waals surface area contributed by atoms with Gasteiger partial charge in [-0.1, -0.05) is 47.6 Å². The molecule has 0 amide bonds. The SMILES string of the molecule is COc1ccc(-c2c(C)noc2-c2ccc(OCc3ccccc3)cc2O)cc1.[HH]. The van der Waals surface area contributed by atoms with E-state index in [0.717, 1.165) is 28.1 Å². The summed E-state index contributed by atoms with van der Waals surface area (Å²) in [5, 5.41) is 14.7. The predicted octanol–water partition coefficient (Wildman–Crippen LogP) is 5.86. The largest absolute Gasteiger partial charge is 0.507 e. The van der Waals surface area contributed by atoms with E-state index in [-0.39, 0.29) is 7.18 Å². The van der Waals surface area contributed by atoms with E-state index in [2.05, 4.69) is 5.16 Å². The molecule has 148 valence electrons. The van der Waals surface area contributed by atoms with Gasteiger partial charge in [0.15, 0.2) is 5.76 Å². The minimum atomic E-state index is 0. The number of aromatic nitrogens is 1. The number of rotatable bonds is 6. The molecule has 0 bridgehead atoms. The van der Waals surface area contributed by atoms with E-state index in [1.165, 1.54) is 0 Å². The maximum Gasteiger partial charge on any atom is 0.178 e. The molecule has 0 spiro atoms. The van der Waals surface area contributed by atoms with Crippen LogP contribution in [0.4, 0.5) is 0 Å². The Bertz CT molecular complexity index is 1110. The Morgan fingerprint density at radius 1 is 0.966 bits per heavy atom. The zero-order chi connectivity index (χ0) is 20.2. The highest BCUT2D eigenvalue weighted by Crippen LogP contribution is 2.40. The molecule has 29 heavy (non-hydrogen) atoms. The molecule has 1 N–H and O–H groups in total. The molecule has 0 aliphatic rings. The number of aromatic hydroxyl groups is 1. The average molecular weight is 389 g/mol. The van der Waals surface area contributed by atoms with Crippen LogP contribution in [0.1, 0.15) is 12.7 Å². The molecule has 4 rings (SSSR count). The van der Waals surface area contributed by atoms with Crippen molar-refractivity contribution in [1.82, 2.24) is 5.16 Å². The third-order valence-electron chi connectivity index (χ3n) is 4.70. The monoisotopic (exact) mass is 389 g/mol. The molecule has 1 heterocycles. The molecule has 0 radical (unpaired) electrons. The summed E-state index contributed by atoms with van der Waals surface area (Å²) in [6, 6.07) is 22.7. The fourth-order valence-electron chi connectivity index (χ4n) is 3.19. The second-order valence-corrected chi connectivity index (χ2v) is 6.65. The van der Waals surface area contributed by atoms with E-state index >= 15 is 0 Å². The molecule has 0 aliphatic heterocycles. The molecular formula is C24H23NO4. The van der Waals surface area contributed by atoms with Gasteiger partial charge in [0.25, 0.3) is 0 Å². The number of benzene rings is 3. The van der Waals surface area contributed by atoms with E-state index in [1.54, 1.807) is 19.2 Å². The predicted molar refractivity (Wildman–Crippen MR) is 113 cm³/mol. The Hall–Kier alpha value is -3.73. The van der Waals surface area contributed by atoms with Crippen LogP contribution in [0.15, 0.2) is 77.3 Å². The number of phenols is 1. The maximum atomic E-state index is 10.6. The smallest absolute Gasteiger partial charge is 0.178 e. The summed E-state index contributed by atoms with van der Waals surface area (Å²) >= 11 is 0. The van der Waals surface area contributed by atoms with E-state index in [1.807, 2.05) is 67.6 Å². The molecule has 0 saturated heterocycles. The van der Waals surface area contributed by atoms with Crippen LogP contribution in [0.25, 0.3) is 22.5 Å². The molecule has 0 unspecified atom stereocenters. The van der Waals surface area contributed by atoms with E-state index in [0.29, 0.717) is 23.7 Å². The van der Waals surface area contributed by atoms with Crippen molar-refractivity contribution in [2.75, 3.05) is 7.11 Å².